The first-order valence-corrected chi connectivity index (χ1v) is 5.71. The number of amides is 1. The first-order valence-electron chi connectivity index (χ1n) is 5.30. The number of carbonyl (C=O) groups is 1. The van der Waals surface area contributed by atoms with Gasteiger partial charge in [-0.2, -0.15) is 0 Å². The fourth-order valence-corrected chi connectivity index (χ4v) is 1.52. The van der Waals surface area contributed by atoms with Gasteiger partial charge in [-0.15, -0.1) is 0 Å². The first kappa shape index (κ1) is 12.6. The van der Waals surface area contributed by atoms with Gasteiger partial charge < -0.3 is 9.47 Å². The number of hydrogen-bond donors (Lipinski definition) is 2. The zero-order valence-corrected chi connectivity index (χ0v) is 10.6. The van der Waals surface area contributed by atoms with E-state index in [0.29, 0.717) is 18.1 Å². The lowest BCUT2D eigenvalue weighted by Crippen LogP contribution is -2.43. The molecule has 0 aliphatic carbocycles. The molecule has 6 nitrogen and oxygen atoms in total. The van der Waals surface area contributed by atoms with Crippen molar-refractivity contribution >= 4 is 23.7 Å². The van der Waals surface area contributed by atoms with Crippen molar-refractivity contribution in [2.24, 2.45) is 0 Å². The van der Waals surface area contributed by atoms with Crippen LogP contribution < -0.4 is 20.3 Å². The molecule has 2 N–H and O–H groups in total. The largest absolute Gasteiger partial charge is 0.454 e. The van der Waals surface area contributed by atoms with Crippen molar-refractivity contribution < 1.29 is 14.3 Å². The number of nitrogens with zero attached hydrogens (tertiary/aromatic N) is 1. The van der Waals surface area contributed by atoms with Gasteiger partial charge in [0.05, 0.1) is 0 Å². The highest BCUT2D eigenvalue weighted by atomic mass is 32.1. The Hall–Kier alpha value is -1.86. The first-order chi connectivity index (χ1) is 8.70. The summed E-state index contributed by atoms with van der Waals surface area (Å²) in [5, 5.41) is 0.311. The molecule has 0 saturated heterocycles. The number of carbonyl (C=O) groups excluding carboxylic acids is 1. The van der Waals surface area contributed by atoms with Gasteiger partial charge in [0.2, 0.25) is 13.2 Å². The molecule has 0 aromatic heterocycles. The van der Waals surface area contributed by atoms with Gasteiger partial charge in [0, 0.05) is 13.6 Å². The van der Waals surface area contributed by atoms with E-state index in [0.717, 1.165) is 17.1 Å². The minimum absolute atomic E-state index is 0.263. The van der Waals surface area contributed by atoms with Crippen molar-refractivity contribution in [1.82, 2.24) is 15.8 Å². The second kappa shape index (κ2) is 5.65. The predicted molar refractivity (Wildman–Crippen MR) is 69.0 cm³/mol. The van der Waals surface area contributed by atoms with Crippen molar-refractivity contribution in [3.05, 3.63) is 23.8 Å². The quantitative estimate of drug-likeness (QED) is 0.467. The van der Waals surface area contributed by atoms with Crippen molar-refractivity contribution in [2.75, 3.05) is 13.8 Å². The Morgan fingerprint density at radius 3 is 3.06 bits per heavy atom. The molecule has 1 aliphatic heterocycles. The molecule has 0 saturated carbocycles. The standard InChI is InChI=1S/C11H13N3O3S/c1-14(6-15)11(18)13-12-5-8-2-3-9-10(4-8)17-7-16-9/h2-4,6,12H,5,7H2,1H3,(H,13,18). The third kappa shape index (κ3) is 2.88. The van der Waals surface area contributed by atoms with E-state index in [1.54, 1.807) is 7.05 Å². The van der Waals surface area contributed by atoms with Crippen LogP contribution in [0.25, 0.3) is 0 Å². The maximum atomic E-state index is 10.4. The van der Waals surface area contributed by atoms with Crippen molar-refractivity contribution in [1.29, 1.82) is 0 Å². The number of fused-ring (bicyclic) bond motifs is 1. The molecular weight excluding hydrogens is 254 g/mol. The van der Waals surface area contributed by atoms with Crippen LogP contribution in [0.4, 0.5) is 0 Å². The van der Waals surface area contributed by atoms with Crippen LogP contribution in [-0.2, 0) is 11.3 Å². The van der Waals surface area contributed by atoms with E-state index in [4.69, 9.17) is 21.7 Å². The Bertz CT molecular complexity index is 467. The Morgan fingerprint density at radius 1 is 1.50 bits per heavy atom. The average molecular weight is 267 g/mol. The number of ether oxygens (including phenoxy) is 2. The van der Waals surface area contributed by atoms with E-state index < -0.39 is 0 Å². The number of thiocarbonyl (C=S) groups is 1. The van der Waals surface area contributed by atoms with E-state index in [1.807, 2.05) is 18.2 Å². The molecule has 1 aliphatic rings. The summed E-state index contributed by atoms with van der Waals surface area (Å²) in [5.74, 6) is 1.49. The smallest absolute Gasteiger partial charge is 0.231 e. The summed E-state index contributed by atoms with van der Waals surface area (Å²) in [5.41, 5.74) is 6.69. The van der Waals surface area contributed by atoms with E-state index in [-0.39, 0.29) is 6.79 Å². The second-order valence-electron chi connectivity index (χ2n) is 3.69. The van der Waals surface area contributed by atoms with E-state index >= 15 is 0 Å². The van der Waals surface area contributed by atoms with Crippen LogP contribution in [0.1, 0.15) is 5.56 Å². The Balaban J connectivity index is 1.84. The normalized spacial score (nSPS) is 12.1. The Kier molecular flexibility index (Phi) is 3.96. The highest BCUT2D eigenvalue weighted by Crippen LogP contribution is 2.32. The van der Waals surface area contributed by atoms with Gasteiger partial charge in [0.15, 0.2) is 16.6 Å². The summed E-state index contributed by atoms with van der Waals surface area (Å²) in [6.45, 7) is 0.808. The minimum Gasteiger partial charge on any atom is -0.454 e. The number of hydrogen-bond acceptors (Lipinski definition) is 5. The molecule has 1 aromatic rings. The van der Waals surface area contributed by atoms with Gasteiger partial charge >= 0.3 is 0 Å². The lowest BCUT2D eigenvalue weighted by atomic mass is 10.2. The summed E-state index contributed by atoms with van der Waals surface area (Å²) in [6, 6.07) is 5.67. The van der Waals surface area contributed by atoms with Gasteiger partial charge in [0.25, 0.3) is 0 Å². The summed E-state index contributed by atoms with van der Waals surface area (Å²) >= 11 is 4.95. The van der Waals surface area contributed by atoms with Crippen LogP contribution in [0.3, 0.4) is 0 Å². The van der Waals surface area contributed by atoms with Crippen LogP contribution in [0.15, 0.2) is 18.2 Å². The van der Waals surface area contributed by atoms with E-state index in [2.05, 4.69) is 10.9 Å². The van der Waals surface area contributed by atoms with Crippen molar-refractivity contribution in [3.8, 4) is 11.5 Å². The van der Waals surface area contributed by atoms with Gasteiger partial charge in [-0.25, -0.2) is 5.43 Å². The zero-order chi connectivity index (χ0) is 13.0. The second-order valence-corrected chi connectivity index (χ2v) is 4.07. The molecule has 0 unspecified atom stereocenters. The van der Waals surface area contributed by atoms with Crippen molar-refractivity contribution in [2.45, 2.75) is 6.54 Å². The number of benzene rings is 1. The van der Waals surface area contributed by atoms with Gasteiger partial charge in [-0.3, -0.25) is 15.1 Å². The van der Waals surface area contributed by atoms with Crippen LogP contribution >= 0.6 is 12.2 Å². The molecule has 1 heterocycles. The summed E-state index contributed by atoms with van der Waals surface area (Å²) in [6.07, 6.45) is 0.636. The maximum absolute atomic E-state index is 10.4. The van der Waals surface area contributed by atoms with Gasteiger partial charge in [0.1, 0.15) is 0 Å². The number of nitrogens with one attached hydrogen (secondary N) is 2. The fraction of sp³-hybridized carbons (Fsp3) is 0.273. The predicted octanol–water partition coefficient (Wildman–Crippen LogP) is 0.383. The van der Waals surface area contributed by atoms with Gasteiger partial charge in [-0.05, 0) is 29.9 Å². The molecular formula is C11H13N3O3S. The summed E-state index contributed by atoms with van der Waals surface area (Å²) in [7, 11) is 1.57. The number of hydrazine groups is 1. The van der Waals surface area contributed by atoms with Crippen LogP contribution in [-0.4, -0.2) is 30.3 Å². The average Bonchev–Trinajstić information content (AvgIpc) is 2.85. The van der Waals surface area contributed by atoms with E-state index in [1.165, 1.54) is 4.90 Å². The van der Waals surface area contributed by atoms with Crippen molar-refractivity contribution in [3.63, 3.8) is 0 Å². The maximum Gasteiger partial charge on any atom is 0.231 e. The monoisotopic (exact) mass is 267 g/mol. The Labute approximate surface area is 110 Å². The molecule has 96 valence electrons. The Morgan fingerprint density at radius 2 is 2.28 bits per heavy atom. The summed E-state index contributed by atoms with van der Waals surface area (Å²) < 4.78 is 10.5. The molecule has 0 fully saturated rings. The molecule has 0 spiro atoms. The molecule has 0 atom stereocenters. The van der Waals surface area contributed by atoms with Crippen LogP contribution in [0, 0.1) is 0 Å². The van der Waals surface area contributed by atoms with Crippen LogP contribution in [0.2, 0.25) is 0 Å². The van der Waals surface area contributed by atoms with E-state index in [9.17, 15) is 4.79 Å². The van der Waals surface area contributed by atoms with Crippen LogP contribution in [0.5, 0.6) is 11.5 Å². The molecule has 2 rings (SSSR count). The lowest BCUT2D eigenvalue weighted by molar-refractivity contribution is -0.114. The molecule has 1 aromatic carbocycles. The third-order valence-electron chi connectivity index (χ3n) is 2.40. The topological polar surface area (TPSA) is 62.8 Å². The molecule has 18 heavy (non-hydrogen) atoms. The molecule has 7 heteroatoms. The minimum atomic E-state index is 0.263. The SMILES string of the molecule is CN(C=O)C(=S)NNCc1ccc2c(c1)OCO2. The third-order valence-corrected chi connectivity index (χ3v) is 2.79. The molecule has 1 amide bonds. The lowest BCUT2D eigenvalue weighted by Gasteiger charge is -2.14. The fourth-order valence-electron chi connectivity index (χ4n) is 1.41. The molecule has 0 radical (unpaired) electrons. The summed E-state index contributed by atoms with van der Waals surface area (Å²) in [4.78, 5) is 11.7. The molecule has 0 bridgehead atoms. The highest BCUT2D eigenvalue weighted by molar-refractivity contribution is 7.80. The number of rotatable bonds is 4. The zero-order valence-electron chi connectivity index (χ0n) is 9.80. The van der Waals surface area contributed by atoms with Gasteiger partial charge in [-0.1, -0.05) is 6.07 Å². The highest BCUT2D eigenvalue weighted by Gasteiger charge is 2.12.